The van der Waals surface area contributed by atoms with E-state index in [0.29, 0.717) is 23.7 Å². The van der Waals surface area contributed by atoms with Crippen molar-refractivity contribution in [3.8, 4) is 0 Å². The van der Waals surface area contributed by atoms with Gasteiger partial charge in [0.05, 0.1) is 25.3 Å². The number of rotatable bonds is 9. The Kier molecular flexibility index (Phi) is 8.59. The molecule has 0 atom stereocenters. The van der Waals surface area contributed by atoms with Crippen LogP contribution in [0.15, 0.2) is 0 Å². The van der Waals surface area contributed by atoms with Crippen molar-refractivity contribution in [3.63, 3.8) is 0 Å². The number of carbonyl (C=O) groups is 2. The van der Waals surface area contributed by atoms with Gasteiger partial charge in [0, 0.05) is 4.88 Å². The van der Waals surface area contributed by atoms with Gasteiger partial charge in [-0.1, -0.05) is 20.3 Å². The van der Waals surface area contributed by atoms with Gasteiger partial charge in [-0.25, -0.2) is 4.79 Å². The maximum Gasteiger partial charge on any atom is 0.341 e. The summed E-state index contributed by atoms with van der Waals surface area (Å²) in [7, 11) is 0. The quantitative estimate of drug-likeness (QED) is 0.511. The Morgan fingerprint density at radius 1 is 1.08 bits per heavy atom. The molecule has 2 rings (SSSR count). The van der Waals surface area contributed by atoms with Crippen LogP contribution in [-0.4, -0.2) is 38.1 Å². The maximum absolute atomic E-state index is 12.6. The second-order valence-electron chi connectivity index (χ2n) is 6.96. The molecule has 0 unspecified atom stereocenters. The highest BCUT2D eigenvalue weighted by atomic mass is 32.1. The van der Waals surface area contributed by atoms with E-state index in [0.717, 1.165) is 57.2 Å². The Balaban J connectivity index is 2.19. The van der Waals surface area contributed by atoms with Crippen LogP contribution in [-0.2, 0) is 22.4 Å². The molecule has 0 aromatic carbocycles. The van der Waals surface area contributed by atoms with Crippen LogP contribution in [0.5, 0.6) is 0 Å². The summed E-state index contributed by atoms with van der Waals surface area (Å²) >= 11 is 1.57. The lowest BCUT2D eigenvalue weighted by atomic mass is 10.1. The van der Waals surface area contributed by atoms with E-state index in [1.54, 1.807) is 11.3 Å². The van der Waals surface area contributed by atoms with Crippen LogP contribution in [0.3, 0.4) is 0 Å². The lowest BCUT2D eigenvalue weighted by molar-refractivity contribution is -0.891. The van der Waals surface area contributed by atoms with Crippen molar-refractivity contribution in [2.24, 2.45) is 0 Å². The molecule has 0 spiro atoms. The van der Waals surface area contributed by atoms with E-state index in [2.05, 4.69) is 19.2 Å². The highest BCUT2D eigenvalue weighted by Crippen LogP contribution is 2.37. The molecule has 2 N–H and O–H groups in total. The smallest absolute Gasteiger partial charge is 0.341 e. The predicted octanol–water partition coefficient (Wildman–Crippen LogP) is 2.84. The molecular weight excluding hydrogens is 348 g/mol. The van der Waals surface area contributed by atoms with Crippen molar-refractivity contribution < 1.29 is 19.2 Å². The molecule has 1 amide bonds. The van der Waals surface area contributed by atoms with Gasteiger partial charge in [-0.3, -0.25) is 4.79 Å². The predicted molar refractivity (Wildman–Crippen MR) is 106 cm³/mol. The van der Waals surface area contributed by atoms with E-state index in [9.17, 15) is 9.59 Å². The highest BCUT2D eigenvalue weighted by molar-refractivity contribution is 7.17. The summed E-state index contributed by atoms with van der Waals surface area (Å²) in [4.78, 5) is 27.7. The number of anilines is 1. The van der Waals surface area contributed by atoms with Crippen molar-refractivity contribution in [3.05, 3.63) is 16.0 Å². The molecule has 146 valence electrons. The first-order valence-electron chi connectivity index (χ1n) is 10.1. The van der Waals surface area contributed by atoms with Crippen molar-refractivity contribution in [2.45, 2.75) is 65.7 Å². The van der Waals surface area contributed by atoms with E-state index >= 15 is 0 Å². The van der Waals surface area contributed by atoms with Crippen molar-refractivity contribution >= 4 is 28.2 Å². The minimum absolute atomic E-state index is 0.0103. The number of nitrogens with one attached hydrogen (secondary N) is 2. The largest absolute Gasteiger partial charge is 0.462 e. The van der Waals surface area contributed by atoms with Crippen LogP contribution in [0, 0.1) is 0 Å². The Labute approximate surface area is 161 Å². The average Bonchev–Trinajstić information content (AvgIpc) is 2.76. The lowest BCUT2D eigenvalue weighted by Gasteiger charge is -2.17. The van der Waals surface area contributed by atoms with E-state index < -0.39 is 0 Å². The Morgan fingerprint density at radius 3 is 2.42 bits per heavy atom. The molecule has 1 heterocycles. The van der Waals surface area contributed by atoms with E-state index in [4.69, 9.17) is 4.74 Å². The summed E-state index contributed by atoms with van der Waals surface area (Å²) in [5.41, 5.74) is 1.71. The molecule has 26 heavy (non-hydrogen) atoms. The molecule has 0 fully saturated rings. The Hall–Kier alpha value is -1.40. The molecule has 1 aliphatic rings. The van der Waals surface area contributed by atoms with Gasteiger partial charge in [0.1, 0.15) is 5.00 Å². The molecular formula is C20H33N2O3S+. The van der Waals surface area contributed by atoms with Gasteiger partial charge < -0.3 is 15.0 Å². The van der Waals surface area contributed by atoms with E-state index in [1.807, 2.05) is 6.92 Å². The van der Waals surface area contributed by atoms with E-state index in [1.165, 1.54) is 16.2 Å². The zero-order valence-electron chi connectivity index (χ0n) is 16.4. The molecule has 6 heteroatoms. The molecule has 0 saturated heterocycles. The van der Waals surface area contributed by atoms with Gasteiger partial charge in [0.15, 0.2) is 6.54 Å². The number of hydrogen-bond donors (Lipinski definition) is 2. The number of esters is 1. The first-order valence-corrected chi connectivity index (χ1v) is 10.9. The molecule has 1 aromatic rings. The summed E-state index contributed by atoms with van der Waals surface area (Å²) in [6.07, 6.45) is 7.44. The van der Waals surface area contributed by atoms with Gasteiger partial charge in [0.2, 0.25) is 0 Å². The zero-order valence-corrected chi connectivity index (χ0v) is 17.2. The third kappa shape index (κ3) is 5.55. The molecule has 0 bridgehead atoms. The van der Waals surface area contributed by atoms with E-state index in [-0.39, 0.29) is 11.9 Å². The number of carbonyl (C=O) groups excluding carboxylic acids is 2. The van der Waals surface area contributed by atoms with Crippen molar-refractivity contribution in [1.82, 2.24) is 0 Å². The summed E-state index contributed by atoms with van der Waals surface area (Å²) in [6.45, 7) is 8.89. The lowest BCUT2D eigenvalue weighted by Crippen LogP contribution is -3.13. The van der Waals surface area contributed by atoms with Crippen molar-refractivity contribution in [1.29, 1.82) is 0 Å². The number of fused-ring (bicyclic) bond motifs is 1. The fraction of sp³-hybridized carbons (Fsp3) is 0.700. The van der Waals surface area contributed by atoms with Gasteiger partial charge in [-0.15, -0.1) is 11.3 Å². The second kappa shape index (κ2) is 10.7. The molecule has 0 saturated carbocycles. The monoisotopic (exact) mass is 381 g/mol. The van der Waals surface area contributed by atoms with Gasteiger partial charge in [-0.05, 0) is 51.0 Å². The van der Waals surface area contributed by atoms with Crippen LogP contribution in [0.25, 0.3) is 0 Å². The van der Waals surface area contributed by atoms with Gasteiger partial charge in [0.25, 0.3) is 5.91 Å². The summed E-state index contributed by atoms with van der Waals surface area (Å²) in [5.74, 6) is -0.308. The van der Waals surface area contributed by atoms with Crippen LogP contribution in [0.2, 0.25) is 0 Å². The average molecular weight is 382 g/mol. The van der Waals surface area contributed by atoms with Crippen LogP contribution in [0.4, 0.5) is 5.00 Å². The van der Waals surface area contributed by atoms with Gasteiger partial charge >= 0.3 is 5.97 Å². The molecule has 1 aliphatic carbocycles. The number of hydrogen-bond acceptors (Lipinski definition) is 4. The summed E-state index contributed by atoms with van der Waals surface area (Å²) < 4.78 is 5.28. The van der Waals surface area contributed by atoms with Crippen molar-refractivity contribution in [2.75, 3.05) is 31.6 Å². The minimum atomic E-state index is -0.298. The fourth-order valence-electron chi connectivity index (χ4n) is 3.66. The number of thiophene rings is 1. The topological polar surface area (TPSA) is 59.8 Å². The number of ether oxygens (including phenoxy) is 1. The third-order valence-electron chi connectivity index (χ3n) is 4.77. The number of quaternary nitrogens is 1. The normalized spacial score (nSPS) is 14.0. The van der Waals surface area contributed by atoms with Crippen LogP contribution >= 0.6 is 11.3 Å². The molecule has 0 radical (unpaired) electrons. The molecule has 1 aromatic heterocycles. The first-order chi connectivity index (χ1) is 12.6. The SMILES string of the molecule is CCC[NH+](CCC)CC(=O)Nc1sc2c(c1C(=O)OCC)CCCCC2. The third-order valence-corrected chi connectivity index (χ3v) is 5.98. The second-order valence-corrected chi connectivity index (χ2v) is 8.07. The molecule has 5 nitrogen and oxygen atoms in total. The maximum atomic E-state index is 12.6. The number of aryl methyl sites for hydroxylation is 1. The Morgan fingerprint density at radius 2 is 1.77 bits per heavy atom. The summed E-state index contributed by atoms with van der Waals surface area (Å²) in [6, 6.07) is 0. The van der Waals surface area contributed by atoms with Crippen LogP contribution < -0.4 is 10.2 Å². The minimum Gasteiger partial charge on any atom is -0.462 e. The number of amides is 1. The Bertz CT molecular complexity index is 606. The standard InChI is InChI=1S/C20H32N2O3S/c1-4-12-22(13-5-2)14-17(23)21-19-18(20(24)25-6-3)15-10-8-7-9-11-16(15)26-19/h4-14H2,1-3H3,(H,21,23)/p+1. The fourth-order valence-corrected chi connectivity index (χ4v) is 4.95. The van der Waals surface area contributed by atoms with Gasteiger partial charge in [-0.2, -0.15) is 0 Å². The van der Waals surface area contributed by atoms with Crippen LogP contribution in [0.1, 0.15) is 73.7 Å². The highest BCUT2D eigenvalue weighted by Gasteiger charge is 2.27. The molecule has 0 aliphatic heterocycles. The zero-order chi connectivity index (χ0) is 18.9. The first kappa shape index (κ1) is 20.9. The summed E-state index contributed by atoms with van der Waals surface area (Å²) in [5, 5.41) is 3.72.